The highest BCUT2D eigenvalue weighted by atomic mass is 35.5. The van der Waals surface area contributed by atoms with Gasteiger partial charge in [-0.1, -0.05) is 62.9 Å². The minimum absolute atomic E-state index is 0.0197. The lowest BCUT2D eigenvalue weighted by Crippen LogP contribution is -2.60. The number of piperazine rings is 1. The zero-order valence-electron chi connectivity index (χ0n) is 21.7. The standard InChI is InChI=1S/C28H41Cl2N3O2/c1-19(34)31-11-9-21(10-12-31)16-27(35)33-14-13-32(18-26(33)28(2,3)4)25(15-20-5-6-20)22-7-8-23(29)24(30)17-22/h7-8,17,20-21,25-26H,5-6,9-16,18H2,1-4H3/t25?,26-/m1/s1. The van der Waals surface area contributed by atoms with E-state index in [1.54, 1.807) is 6.92 Å². The van der Waals surface area contributed by atoms with Crippen LogP contribution in [0.5, 0.6) is 0 Å². The highest BCUT2D eigenvalue weighted by Gasteiger charge is 2.41. The molecular weight excluding hydrogens is 481 g/mol. The van der Waals surface area contributed by atoms with Gasteiger partial charge in [-0.2, -0.15) is 0 Å². The Morgan fingerprint density at radius 1 is 0.971 bits per heavy atom. The van der Waals surface area contributed by atoms with Crippen LogP contribution in [0.15, 0.2) is 18.2 Å². The fourth-order valence-corrected chi connectivity index (χ4v) is 6.13. The average molecular weight is 523 g/mol. The van der Waals surface area contributed by atoms with E-state index in [2.05, 4.69) is 36.6 Å². The third-order valence-corrected chi connectivity index (χ3v) is 9.02. The third-order valence-electron chi connectivity index (χ3n) is 8.28. The first-order chi connectivity index (χ1) is 16.5. The quantitative estimate of drug-likeness (QED) is 0.458. The maximum atomic E-state index is 13.5. The van der Waals surface area contributed by atoms with Crippen LogP contribution < -0.4 is 0 Å². The first kappa shape index (κ1) is 26.8. The summed E-state index contributed by atoms with van der Waals surface area (Å²) in [6, 6.07) is 6.53. The number of likely N-dealkylation sites (tertiary alicyclic amines) is 1. The van der Waals surface area contributed by atoms with Crippen LogP contribution in [-0.2, 0) is 9.59 Å². The van der Waals surface area contributed by atoms with Crippen molar-refractivity contribution in [2.24, 2.45) is 17.3 Å². The van der Waals surface area contributed by atoms with E-state index in [9.17, 15) is 9.59 Å². The highest BCUT2D eigenvalue weighted by molar-refractivity contribution is 6.42. The van der Waals surface area contributed by atoms with E-state index in [1.165, 1.54) is 18.4 Å². The Kier molecular flexibility index (Phi) is 8.39. The van der Waals surface area contributed by atoms with E-state index in [4.69, 9.17) is 23.2 Å². The molecule has 0 spiro atoms. The number of piperidine rings is 1. The summed E-state index contributed by atoms with van der Waals surface area (Å²) < 4.78 is 0. The second kappa shape index (κ2) is 11.0. The third kappa shape index (κ3) is 6.72. The molecule has 1 saturated carbocycles. The number of amides is 2. The van der Waals surface area contributed by atoms with Gasteiger partial charge in [0, 0.05) is 58.2 Å². The van der Waals surface area contributed by atoms with Crippen molar-refractivity contribution in [3.63, 3.8) is 0 Å². The van der Waals surface area contributed by atoms with Gasteiger partial charge in [-0.15, -0.1) is 0 Å². The van der Waals surface area contributed by atoms with Crippen LogP contribution in [0.4, 0.5) is 0 Å². The number of nitrogens with zero attached hydrogens (tertiary/aromatic N) is 3. The zero-order chi connectivity index (χ0) is 25.3. The lowest BCUT2D eigenvalue weighted by Gasteiger charge is -2.50. The van der Waals surface area contributed by atoms with Gasteiger partial charge in [0.15, 0.2) is 0 Å². The summed E-state index contributed by atoms with van der Waals surface area (Å²) in [5.74, 6) is 1.57. The molecule has 2 aliphatic heterocycles. The van der Waals surface area contributed by atoms with E-state index in [0.29, 0.717) is 28.4 Å². The molecule has 1 unspecified atom stereocenters. The van der Waals surface area contributed by atoms with Gasteiger partial charge in [0.1, 0.15) is 0 Å². The molecule has 3 aliphatic rings. The average Bonchev–Trinajstić information content (AvgIpc) is 3.63. The Morgan fingerprint density at radius 2 is 1.66 bits per heavy atom. The number of carbonyl (C=O) groups is 2. The molecule has 35 heavy (non-hydrogen) atoms. The zero-order valence-corrected chi connectivity index (χ0v) is 23.2. The fourth-order valence-electron chi connectivity index (χ4n) is 5.83. The molecule has 2 heterocycles. The van der Waals surface area contributed by atoms with E-state index >= 15 is 0 Å². The van der Waals surface area contributed by atoms with Crippen molar-refractivity contribution in [2.45, 2.75) is 78.3 Å². The van der Waals surface area contributed by atoms with Crippen molar-refractivity contribution in [1.82, 2.24) is 14.7 Å². The number of carbonyl (C=O) groups excluding carboxylic acids is 2. The Balaban J connectivity index is 1.46. The summed E-state index contributed by atoms with van der Waals surface area (Å²) in [6.07, 6.45) is 6.19. The number of benzene rings is 1. The van der Waals surface area contributed by atoms with Gasteiger partial charge in [-0.25, -0.2) is 0 Å². The van der Waals surface area contributed by atoms with Crippen molar-refractivity contribution >= 4 is 35.0 Å². The molecule has 0 bridgehead atoms. The molecule has 0 radical (unpaired) electrons. The van der Waals surface area contributed by atoms with E-state index in [-0.39, 0.29) is 23.3 Å². The Bertz CT molecular complexity index is 919. The molecular formula is C28H41Cl2N3O2. The van der Waals surface area contributed by atoms with Gasteiger partial charge < -0.3 is 9.80 Å². The summed E-state index contributed by atoms with van der Waals surface area (Å²) >= 11 is 12.6. The topological polar surface area (TPSA) is 43.9 Å². The SMILES string of the molecule is CC(=O)N1CCC(CC(=O)N2CCN(C(CC3CC3)c3ccc(Cl)c(Cl)c3)C[C@@H]2C(C)(C)C)CC1. The van der Waals surface area contributed by atoms with Gasteiger partial charge in [-0.05, 0) is 54.2 Å². The fraction of sp³-hybridized carbons (Fsp3) is 0.714. The smallest absolute Gasteiger partial charge is 0.223 e. The maximum absolute atomic E-state index is 13.5. The van der Waals surface area contributed by atoms with Gasteiger partial charge in [0.2, 0.25) is 11.8 Å². The lowest BCUT2D eigenvalue weighted by atomic mass is 9.82. The van der Waals surface area contributed by atoms with E-state index in [1.807, 2.05) is 17.0 Å². The lowest BCUT2D eigenvalue weighted by molar-refractivity contribution is -0.142. The van der Waals surface area contributed by atoms with Crippen molar-refractivity contribution in [1.29, 1.82) is 0 Å². The molecule has 1 aromatic carbocycles. The molecule has 1 aromatic rings. The Morgan fingerprint density at radius 3 is 2.23 bits per heavy atom. The summed E-state index contributed by atoms with van der Waals surface area (Å²) in [6.45, 7) is 12.4. The Hall–Kier alpha value is -1.30. The van der Waals surface area contributed by atoms with Gasteiger partial charge >= 0.3 is 0 Å². The van der Waals surface area contributed by atoms with Crippen molar-refractivity contribution in [3.8, 4) is 0 Å². The summed E-state index contributed by atoms with van der Waals surface area (Å²) in [5, 5.41) is 1.21. The predicted molar refractivity (Wildman–Crippen MR) is 143 cm³/mol. The first-order valence-electron chi connectivity index (χ1n) is 13.3. The van der Waals surface area contributed by atoms with Crippen LogP contribution in [-0.4, -0.2) is 65.3 Å². The second-order valence-electron chi connectivity index (χ2n) is 12.0. The molecule has 5 nitrogen and oxygen atoms in total. The summed E-state index contributed by atoms with van der Waals surface area (Å²) in [5.41, 5.74) is 1.21. The maximum Gasteiger partial charge on any atom is 0.223 e. The molecule has 3 fully saturated rings. The molecule has 4 rings (SSSR count). The number of hydrogen-bond donors (Lipinski definition) is 0. The van der Waals surface area contributed by atoms with Crippen LogP contribution >= 0.6 is 23.2 Å². The monoisotopic (exact) mass is 521 g/mol. The molecule has 0 aromatic heterocycles. The van der Waals surface area contributed by atoms with Gasteiger partial charge in [0.05, 0.1) is 10.0 Å². The van der Waals surface area contributed by atoms with Crippen molar-refractivity contribution < 1.29 is 9.59 Å². The van der Waals surface area contributed by atoms with E-state index < -0.39 is 0 Å². The Labute approximate surface area is 221 Å². The molecule has 7 heteroatoms. The van der Waals surface area contributed by atoms with Crippen LogP contribution in [0.3, 0.4) is 0 Å². The van der Waals surface area contributed by atoms with Crippen LogP contribution in [0, 0.1) is 17.3 Å². The predicted octanol–water partition coefficient (Wildman–Crippen LogP) is 6.04. The minimum atomic E-state index is -0.0197. The minimum Gasteiger partial charge on any atom is -0.343 e. The van der Waals surface area contributed by atoms with E-state index in [0.717, 1.165) is 57.9 Å². The summed E-state index contributed by atoms with van der Waals surface area (Å²) in [7, 11) is 0. The molecule has 0 N–H and O–H groups in total. The largest absolute Gasteiger partial charge is 0.343 e. The molecule has 1 aliphatic carbocycles. The first-order valence-corrected chi connectivity index (χ1v) is 14.0. The highest BCUT2D eigenvalue weighted by Crippen LogP contribution is 2.42. The van der Waals surface area contributed by atoms with Gasteiger partial charge in [0.25, 0.3) is 0 Å². The molecule has 2 saturated heterocycles. The van der Waals surface area contributed by atoms with Crippen molar-refractivity contribution in [2.75, 3.05) is 32.7 Å². The molecule has 194 valence electrons. The molecule has 2 amide bonds. The van der Waals surface area contributed by atoms with Crippen LogP contribution in [0.2, 0.25) is 10.0 Å². The van der Waals surface area contributed by atoms with Crippen molar-refractivity contribution in [3.05, 3.63) is 33.8 Å². The number of halogens is 2. The van der Waals surface area contributed by atoms with Crippen LogP contribution in [0.25, 0.3) is 0 Å². The van der Waals surface area contributed by atoms with Crippen LogP contribution in [0.1, 0.15) is 77.8 Å². The molecule has 2 atom stereocenters. The van der Waals surface area contributed by atoms with Gasteiger partial charge in [-0.3, -0.25) is 14.5 Å². The number of hydrogen-bond acceptors (Lipinski definition) is 3. The number of rotatable bonds is 6. The summed E-state index contributed by atoms with van der Waals surface area (Å²) in [4.78, 5) is 31.9. The second-order valence-corrected chi connectivity index (χ2v) is 12.8. The normalized spacial score (nSPS) is 23.4.